The molecule has 0 spiro atoms. The predicted octanol–water partition coefficient (Wildman–Crippen LogP) is 2.70. The lowest BCUT2D eigenvalue weighted by atomic mass is 9.84. The highest BCUT2D eigenvalue weighted by atomic mass is 16.6. The van der Waals surface area contributed by atoms with E-state index in [9.17, 15) is 19.2 Å². The van der Waals surface area contributed by atoms with Gasteiger partial charge in [-0.1, -0.05) is 38.5 Å². The van der Waals surface area contributed by atoms with Crippen LogP contribution in [-0.2, 0) is 28.7 Å². The molecule has 2 saturated carbocycles. The minimum Gasteiger partial charge on any atom is -0.449 e. The smallest absolute Gasteiger partial charge is 0.331 e. The summed E-state index contributed by atoms with van der Waals surface area (Å²) in [6.07, 6.45) is 9.84. The molecule has 2 aliphatic rings. The molecule has 2 amide bonds. The van der Waals surface area contributed by atoms with E-state index in [1.165, 1.54) is 9.80 Å². The number of hydrogen-bond donors (Lipinski definition) is 0. The predicted molar refractivity (Wildman–Crippen MR) is 119 cm³/mol. The van der Waals surface area contributed by atoms with Crippen LogP contribution in [0.5, 0.6) is 0 Å². The van der Waals surface area contributed by atoms with Crippen molar-refractivity contribution in [3.05, 3.63) is 12.2 Å². The molecular weight excluding hydrogens is 412 g/mol. The van der Waals surface area contributed by atoms with E-state index in [0.717, 1.165) is 76.4 Å². The van der Waals surface area contributed by atoms with Gasteiger partial charge >= 0.3 is 11.9 Å². The van der Waals surface area contributed by atoms with Gasteiger partial charge in [0, 0.05) is 52.2 Å². The van der Waals surface area contributed by atoms with Gasteiger partial charge in [0.2, 0.25) is 0 Å². The molecule has 8 heteroatoms. The van der Waals surface area contributed by atoms with Gasteiger partial charge < -0.3 is 19.3 Å². The van der Waals surface area contributed by atoms with Crippen molar-refractivity contribution in [2.24, 2.45) is 11.8 Å². The Labute approximate surface area is 191 Å². The number of esters is 2. The van der Waals surface area contributed by atoms with Gasteiger partial charge in [-0.25, -0.2) is 9.59 Å². The Morgan fingerprint density at radius 2 is 0.938 bits per heavy atom. The molecule has 0 heterocycles. The van der Waals surface area contributed by atoms with Crippen LogP contribution in [0.3, 0.4) is 0 Å². The largest absolute Gasteiger partial charge is 0.449 e. The van der Waals surface area contributed by atoms with Crippen molar-refractivity contribution in [2.45, 2.75) is 76.4 Å². The van der Waals surface area contributed by atoms with Gasteiger partial charge in [-0.05, 0) is 25.7 Å². The first-order valence-electron chi connectivity index (χ1n) is 11.7. The molecule has 2 atom stereocenters. The summed E-state index contributed by atoms with van der Waals surface area (Å²) in [6.45, 7) is 0. The highest BCUT2D eigenvalue weighted by Gasteiger charge is 2.35. The van der Waals surface area contributed by atoms with E-state index in [1.807, 2.05) is 0 Å². The zero-order valence-electron chi connectivity index (χ0n) is 19.9. The van der Waals surface area contributed by atoms with Crippen molar-refractivity contribution < 1.29 is 28.7 Å². The second-order valence-electron chi connectivity index (χ2n) is 9.31. The van der Waals surface area contributed by atoms with Crippen molar-refractivity contribution >= 4 is 23.8 Å². The molecule has 0 aliphatic heterocycles. The minimum absolute atomic E-state index is 0.0173. The summed E-state index contributed by atoms with van der Waals surface area (Å²) < 4.78 is 10.9. The van der Waals surface area contributed by atoms with E-state index in [-0.39, 0.29) is 23.7 Å². The van der Waals surface area contributed by atoms with Crippen LogP contribution in [-0.4, -0.2) is 74.0 Å². The maximum atomic E-state index is 12.6. The number of carbonyl (C=O) groups excluding carboxylic acids is 4. The second kappa shape index (κ2) is 12.6. The van der Waals surface area contributed by atoms with E-state index >= 15 is 0 Å². The summed E-state index contributed by atoms with van der Waals surface area (Å²) in [7, 11) is 6.53. The SMILES string of the molecule is CN(C)C(=O)C(OC(=O)/C=C/C(=O)O[C@@H](C(=O)N(C)C)C1CCCCC1)C1CCCCC1. The van der Waals surface area contributed by atoms with Gasteiger partial charge in [-0.2, -0.15) is 0 Å². The Hall–Kier alpha value is -2.38. The van der Waals surface area contributed by atoms with Crippen LogP contribution in [0.4, 0.5) is 0 Å². The molecule has 0 aromatic heterocycles. The van der Waals surface area contributed by atoms with Crippen molar-refractivity contribution in [2.75, 3.05) is 28.2 Å². The minimum atomic E-state index is -0.858. The number of rotatable bonds is 8. The van der Waals surface area contributed by atoms with Crippen molar-refractivity contribution in [3.63, 3.8) is 0 Å². The molecule has 2 fully saturated rings. The van der Waals surface area contributed by atoms with Gasteiger partial charge in [-0.15, -0.1) is 0 Å². The normalized spacial score (nSPS) is 19.8. The van der Waals surface area contributed by atoms with Gasteiger partial charge in [-0.3, -0.25) is 9.59 Å². The highest BCUT2D eigenvalue weighted by Crippen LogP contribution is 2.30. The molecule has 0 aromatic rings. The van der Waals surface area contributed by atoms with E-state index in [1.54, 1.807) is 28.2 Å². The lowest BCUT2D eigenvalue weighted by molar-refractivity contribution is -0.161. The Bertz CT molecular complexity index is 633. The van der Waals surface area contributed by atoms with Crippen LogP contribution >= 0.6 is 0 Å². The molecule has 8 nitrogen and oxygen atoms in total. The Morgan fingerprint density at radius 3 is 1.22 bits per heavy atom. The van der Waals surface area contributed by atoms with Crippen LogP contribution in [0.2, 0.25) is 0 Å². The fourth-order valence-corrected chi connectivity index (χ4v) is 4.54. The average Bonchev–Trinajstić information content (AvgIpc) is 2.79. The molecule has 2 rings (SSSR count). The Balaban J connectivity index is 2.00. The first-order valence-corrected chi connectivity index (χ1v) is 11.7. The van der Waals surface area contributed by atoms with Crippen LogP contribution in [0.15, 0.2) is 12.2 Å². The fourth-order valence-electron chi connectivity index (χ4n) is 4.54. The monoisotopic (exact) mass is 450 g/mol. The zero-order valence-corrected chi connectivity index (χ0v) is 19.9. The maximum Gasteiger partial charge on any atom is 0.331 e. The molecule has 0 saturated heterocycles. The number of nitrogens with zero attached hydrogens (tertiary/aromatic N) is 2. The topological polar surface area (TPSA) is 93.2 Å². The number of likely N-dealkylation sites (N-methyl/N-ethyl adjacent to an activating group) is 2. The fraction of sp³-hybridized carbons (Fsp3) is 0.750. The van der Waals surface area contributed by atoms with E-state index in [0.29, 0.717) is 0 Å². The van der Waals surface area contributed by atoms with Crippen LogP contribution in [0.25, 0.3) is 0 Å². The van der Waals surface area contributed by atoms with E-state index in [2.05, 4.69) is 0 Å². The molecular formula is C24H38N2O6. The van der Waals surface area contributed by atoms with Crippen LogP contribution < -0.4 is 0 Å². The summed E-state index contributed by atoms with van der Waals surface area (Å²) in [4.78, 5) is 52.8. The van der Waals surface area contributed by atoms with Gasteiger partial charge in [0.05, 0.1) is 0 Å². The van der Waals surface area contributed by atoms with E-state index in [4.69, 9.17) is 9.47 Å². The number of carbonyl (C=O) groups is 4. The molecule has 180 valence electrons. The third kappa shape index (κ3) is 7.64. The first kappa shape index (κ1) is 25.9. The molecule has 0 bridgehead atoms. The molecule has 0 N–H and O–H groups in total. The number of ether oxygens (including phenoxy) is 2. The average molecular weight is 451 g/mol. The van der Waals surface area contributed by atoms with Crippen molar-refractivity contribution in [3.8, 4) is 0 Å². The Kier molecular flexibility index (Phi) is 10.2. The van der Waals surface area contributed by atoms with Crippen molar-refractivity contribution in [1.82, 2.24) is 9.80 Å². The molecule has 0 radical (unpaired) electrons. The molecule has 2 aliphatic carbocycles. The molecule has 32 heavy (non-hydrogen) atoms. The summed E-state index contributed by atoms with van der Waals surface area (Å²) in [6, 6.07) is 0. The summed E-state index contributed by atoms with van der Waals surface area (Å²) in [5.74, 6) is -2.07. The number of hydrogen-bond acceptors (Lipinski definition) is 6. The van der Waals surface area contributed by atoms with Crippen molar-refractivity contribution in [1.29, 1.82) is 0 Å². The molecule has 1 unspecified atom stereocenters. The van der Waals surface area contributed by atoms with E-state index < -0.39 is 24.1 Å². The second-order valence-corrected chi connectivity index (χ2v) is 9.31. The lowest BCUT2D eigenvalue weighted by Gasteiger charge is -2.30. The van der Waals surface area contributed by atoms with Gasteiger partial charge in [0.25, 0.3) is 11.8 Å². The molecule has 0 aromatic carbocycles. The van der Waals surface area contributed by atoms with Crippen LogP contribution in [0, 0.1) is 11.8 Å². The quantitative estimate of drug-likeness (QED) is 0.417. The zero-order chi connectivity index (χ0) is 23.7. The number of amides is 2. The van der Waals surface area contributed by atoms with Gasteiger partial charge in [0.1, 0.15) is 0 Å². The standard InChI is InChI=1S/C24H38N2O6/c1-25(2)23(29)21(17-11-7-5-8-12-17)31-19(27)15-16-20(28)32-22(24(30)26(3)4)18-13-9-6-10-14-18/h15-18,21-22H,5-14H2,1-4H3/b16-15+/t21-,22?/m1/s1. The third-order valence-electron chi connectivity index (χ3n) is 6.37. The Morgan fingerprint density at radius 1 is 0.625 bits per heavy atom. The summed E-state index contributed by atoms with van der Waals surface area (Å²) >= 11 is 0. The summed E-state index contributed by atoms with van der Waals surface area (Å²) in [5, 5.41) is 0. The lowest BCUT2D eigenvalue weighted by Crippen LogP contribution is -2.42. The summed E-state index contributed by atoms with van der Waals surface area (Å²) in [5.41, 5.74) is 0. The third-order valence-corrected chi connectivity index (χ3v) is 6.37. The first-order chi connectivity index (χ1) is 15.2. The van der Waals surface area contributed by atoms with Crippen LogP contribution in [0.1, 0.15) is 64.2 Å². The maximum absolute atomic E-state index is 12.6. The highest BCUT2D eigenvalue weighted by molar-refractivity contribution is 5.94. The van der Waals surface area contributed by atoms with Gasteiger partial charge in [0.15, 0.2) is 12.2 Å².